The Balaban J connectivity index is 1.63. The molecule has 3 aromatic carbocycles. The first-order valence-electron chi connectivity index (χ1n) is 10.8. The summed E-state index contributed by atoms with van der Waals surface area (Å²) in [6.45, 7) is 0.344. The standard InChI is InChI=1S/C26H27NO5S/c1-31-24-12-10-19(16-25(24)32-2)11-13-26(28)27(22-14-15-33(29,30)18-22)17-21-8-5-7-20-6-3-4-9-23(20)21/h3-13,16,22H,14-15,17-18H2,1-2H3/b13-11+/t22-/m0/s1. The zero-order valence-electron chi connectivity index (χ0n) is 18.7. The molecular weight excluding hydrogens is 438 g/mol. The first kappa shape index (κ1) is 22.9. The van der Waals surface area contributed by atoms with Gasteiger partial charge in [-0.2, -0.15) is 0 Å². The van der Waals surface area contributed by atoms with Gasteiger partial charge in [-0.15, -0.1) is 0 Å². The van der Waals surface area contributed by atoms with Crippen LogP contribution in [-0.4, -0.2) is 51.0 Å². The van der Waals surface area contributed by atoms with Crippen LogP contribution >= 0.6 is 0 Å². The van der Waals surface area contributed by atoms with Crippen molar-refractivity contribution in [3.63, 3.8) is 0 Å². The minimum Gasteiger partial charge on any atom is -0.493 e. The Bertz CT molecular complexity index is 1290. The predicted molar refractivity (Wildman–Crippen MR) is 130 cm³/mol. The number of fused-ring (bicyclic) bond motifs is 1. The lowest BCUT2D eigenvalue weighted by molar-refractivity contribution is -0.128. The third-order valence-corrected chi connectivity index (χ3v) is 7.73. The average molecular weight is 466 g/mol. The van der Waals surface area contributed by atoms with Crippen molar-refractivity contribution in [1.82, 2.24) is 4.90 Å². The molecule has 1 amide bonds. The van der Waals surface area contributed by atoms with E-state index >= 15 is 0 Å². The van der Waals surface area contributed by atoms with E-state index in [-0.39, 0.29) is 23.5 Å². The van der Waals surface area contributed by atoms with Gasteiger partial charge in [-0.25, -0.2) is 8.42 Å². The second kappa shape index (κ2) is 9.67. The average Bonchev–Trinajstić information content (AvgIpc) is 3.19. The highest BCUT2D eigenvalue weighted by Gasteiger charge is 2.34. The van der Waals surface area contributed by atoms with Crippen LogP contribution in [-0.2, 0) is 21.2 Å². The number of carbonyl (C=O) groups is 1. The summed E-state index contributed by atoms with van der Waals surface area (Å²) in [5, 5.41) is 2.14. The first-order chi connectivity index (χ1) is 15.9. The fraction of sp³-hybridized carbons (Fsp3) is 0.269. The first-order valence-corrected chi connectivity index (χ1v) is 12.6. The van der Waals surface area contributed by atoms with E-state index in [4.69, 9.17) is 9.47 Å². The van der Waals surface area contributed by atoms with Gasteiger partial charge in [0, 0.05) is 18.7 Å². The van der Waals surface area contributed by atoms with Crippen molar-refractivity contribution in [2.75, 3.05) is 25.7 Å². The predicted octanol–water partition coefficient (Wildman–Crippen LogP) is 4.09. The smallest absolute Gasteiger partial charge is 0.247 e. The summed E-state index contributed by atoms with van der Waals surface area (Å²) in [7, 11) is -0.0154. The van der Waals surface area contributed by atoms with Crippen LogP contribution in [0.4, 0.5) is 0 Å². The van der Waals surface area contributed by atoms with E-state index < -0.39 is 9.84 Å². The fourth-order valence-corrected chi connectivity index (χ4v) is 5.97. The molecule has 0 bridgehead atoms. The second-order valence-electron chi connectivity index (χ2n) is 8.11. The molecule has 3 aromatic rings. The lowest BCUT2D eigenvalue weighted by atomic mass is 10.0. The fourth-order valence-electron chi connectivity index (χ4n) is 4.24. The molecule has 0 radical (unpaired) electrons. The number of sulfone groups is 1. The summed E-state index contributed by atoms with van der Waals surface area (Å²) < 4.78 is 34.9. The van der Waals surface area contributed by atoms with E-state index in [9.17, 15) is 13.2 Å². The number of carbonyl (C=O) groups excluding carboxylic acids is 1. The normalized spacial score (nSPS) is 17.3. The molecule has 6 nitrogen and oxygen atoms in total. The van der Waals surface area contributed by atoms with Gasteiger partial charge in [0.05, 0.1) is 25.7 Å². The van der Waals surface area contributed by atoms with Crippen LogP contribution in [0.5, 0.6) is 11.5 Å². The molecule has 0 N–H and O–H groups in total. The van der Waals surface area contributed by atoms with Crippen LogP contribution in [0.3, 0.4) is 0 Å². The molecule has 1 heterocycles. The highest BCUT2D eigenvalue weighted by Crippen LogP contribution is 2.28. The number of nitrogens with zero attached hydrogens (tertiary/aromatic N) is 1. The van der Waals surface area contributed by atoms with Crippen LogP contribution in [0.25, 0.3) is 16.8 Å². The van der Waals surface area contributed by atoms with Crippen LogP contribution < -0.4 is 9.47 Å². The van der Waals surface area contributed by atoms with E-state index in [1.54, 1.807) is 37.3 Å². The van der Waals surface area contributed by atoms with E-state index in [2.05, 4.69) is 0 Å². The Morgan fingerprint density at radius 1 is 1.03 bits per heavy atom. The van der Waals surface area contributed by atoms with Crippen molar-refractivity contribution < 1.29 is 22.7 Å². The molecule has 1 aliphatic heterocycles. The van der Waals surface area contributed by atoms with Gasteiger partial charge in [0.25, 0.3) is 0 Å². The third kappa shape index (κ3) is 5.20. The summed E-state index contributed by atoms with van der Waals surface area (Å²) in [4.78, 5) is 15.0. The summed E-state index contributed by atoms with van der Waals surface area (Å²) in [5.41, 5.74) is 1.77. The number of methoxy groups -OCH3 is 2. The Morgan fingerprint density at radius 2 is 1.79 bits per heavy atom. The Hall–Kier alpha value is -3.32. The van der Waals surface area contributed by atoms with E-state index in [0.717, 1.165) is 21.9 Å². The van der Waals surface area contributed by atoms with Gasteiger partial charge in [-0.05, 0) is 46.5 Å². The van der Waals surface area contributed by atoms with Crippen LogP contribution in [0.1, 0.15) is 17.5 Å². The molecule has 1 saturated heterocycles. The third-order valence-electron chi connectivity index (χ3n) is 5.98. The molecule has 1 fully saturated rings. The summed E-state index contributed by atoms with van der Waals surface area (Å²) in [5.74, 6) is 1.06. The van der Waals surface area contributed by atoms with E-state index in [1.807, 2.05) is 48.5 Å². The van der Waals surface area contributed by atoms with Gasteiger partial charge < -0.3 is 14.4 Å². The molecular formula is C26H27NO5S. The number of hydrogen-bond acceptors (Lipinski definition) is 5. The minimum atomic E-state index is -3.14. The lowest BCUT2D eigenvalue weighted by Gasteiger charge is -2.28. The highest BCUT2D eigenvalue weighted by molar-refractivity contribution is 7.91. The SMILES string of the molecule is COc1ccc(/C=C/C(=O)N(Cc2cccc3ccccc23)[C@H]2CCS(=O)(=O)C2)cc1OC. The highest BCUT2D eigenvalue weighted by atomic mass is 32.2. The Kier molecular flexibility index (Phi) is 6.70. The van der Waals surface area contributed by atoms with Crippen molar-refractivity contribution in [3.8, 4) is 11.5 Å². The Morgan fingerprint density at radius 3 is 2.52 bits per heavy atom. The van der Waals surface area contributed by atoms with Crippen molar-refractivity contribution in [1.29, 1.82) is 0 Å². The van der Waals surface area contributed by atoms with E-state index in [1.165, 1.54) is 6.08 Å². The minimum absolute atomic E-state index is 0.00625. The maximum absolute atomic E-state index is 13.3. The Labute approximate surface area is 194 Å². The number of amides is 1. The largest absolute Gasteiger partial charge is 0.493 e. The van der Waals surface area contributed by atoms with Gasteiger partial charge in [-0.1, -0.05) is 48.5 Å². The van der Waals surface area contributed by atoms with Crippen LogP contribution in [0.15, 0.2) is 66.7 Å². The van der Waals surface area contributed by atoms with Gasteiger partial charge in [0.15, 0.2) is 21.3 Å². The quantitative estimate of drug-likeness (QED) is 0.492. The summed E-state index contributed by atoms with van der Waals surface area (Å²) in [6.07, 6.45) is 3.66. The molecule has 1 aliphatic rings. The molecule has 0 saturated carbocycles. The number of benzene rings is 3. The van der Waals surface area contributed by atoms with Crippen molar-refractivity contribution >= 4 is 32.6 Å². The molecule has 0 aromatic heterocycles. The van der Waals surface area contributed by atoms with Crippen molar-refractivity contribution in [2.24, 2.45) is 0 Å². The van der Waals surface area contributed by atoms with Crippen LogP contribution in [0.2, 0.25) is 0 Å². The maximum Gasteiger partial charge on any atom is 0.247 e. The van der Waals surface area contributed by atoms with Crippen LogP contribution in [0, 0.1) is 0 Å². The topological polar surface area (TPSA) is 72.9 Å². The molecule has 0 spiro atoms. The maximum atomic E-state index is 13.3. The van der Waals surface area contributed by atoms with Gasteiger partial charge in [0.2, 0.25) is 5.91 Å². The molecule has 0 aliphatic carbocycles. The number of ether oxygens (including phenoxy) is 2. The van der Waals surface area contributed by atoms with Gasteiger partial charge in [0.1, 0.15) is 0 Å². The molecule has 0 unspecified atom stereocenters. The molecule has 172 valence electrons. The number of rotatable bonds is 7. The van der Waals surface area contributed by atoms with Gasteiger partial charge >= 0.3 is 0 Å². The van der Waals surface area contributed by atoms with Crippen molar-refractivity contribution in [2.45, 2.75) is 19.0 Å². The molecule has 1 atom stereocenters. The zero-order valence-corrected chi connectivity index (χ0v) is 19.5. The second-order valence-corrected chi connectivity index (χ2v) is 10.3. The molecule has 33 heavy (non-hydrogen) atoms. The molecule has 4 rings (SSSR count). The lowest BCUT2D eigenvalue weighted by Crippen LogP contribution is -2.39. The molecule has 7 heteroatoms. The van der Waals surface area contributed by atoms with E-state index in [0.29, 0.717) is 24.5 Å². The summed E-state index contributed by atoms with van der Waals surface area (Å²) >= 11 is 0. The van der Waals surface area contributed by atoms with Crippen molar-refractivity contribution in [3.05, 3.63) is 77.9 Å². The van der Waals surface area contributed by atoms with Gasteiger partial charge in [-0.3, -0.25) is 4.79 Å². The monoisotopic (exact) mass is 465 g/mol. The number of hydrogen-bond donors (Lipinski definition) is 0. The zero-order chi connectivity index (χ0) is 23.4. The summed E-state index contributed by atoms with van der Waals surface area (Å²) in [6, 6.07) is 19.0.